The number of carbonyl (C=O) groups excluding carboxylic acids is 1. The number of rotatable bonds is 7. The van der Waals surface area contributed by atoms with Gasteiger partial charge in [-0.25, -0.2) is 0 Å². The van der Waals surface area contributed by atoms with Crippen molar-refractivity contribution < 1.29 is 4.79 Å². The van der Waals surface area contributed by atoms with Crippen LogP contribution in [-0.4, -0.2) is 5.91 Å². The molecule has 2 nitrogen and oxygen atoms in total. The van der Waals surface area contributed by atoms with E-state index in [0.29, 0.717) is 6.42 Å². The van der Waals surface area contributed by atoms with Gasteiger partial charge in [-0.05, 0) is 41.8 Å². The molecule has 0 bridgehead atoms. The molecule has 3 heteroatoms. The number of benzene rings is 3. The van der Waals surface area contributed by atoms with E-state index < -0.39 is 0 Å². The number of amides is 1. The Hall–Kier alpha value is -2.52. The third kappa shape index (κ3) is 5.80. The molecule has 0 radical (unpaired) electrons. The highest BCUT2D eigenvalue weighted by atomic mass is 32.2. The molecule has 0 saturated heterocycles. The number of hydrogen-bond acceptors (Lipinski definition) is 2. The Kier molecular flexibility index (Phi) is 6.29. The first-order chi connectivity index (χ1) is 12.3. The van der Waals surface area contributed by atoms with E-state index in [9.17, 15) is 4.79 Å². The van der Waals surface area contributed by atoms with Crippen molar-refractivity contribution in [1.82, 2.24) is 0 Å². The van der Waals surface area contributed by atoms with Crippen molar-refractivity contribution in [2.75, 3.05) is 5.32 Å². The van der Waals surface area contributed by atoms with E-state index in [2.05, 4.69) is 41.7 Å². The van der Waals surface area contributed by atoms with Crippen molar-refractivity contribution >= 4 is 23.4 Å². The van der Waals surface area contributed by atoms with Gasteiger partial charge in [-0.3, -0.25) is 4.79 Å². The summed E-state index contributed by atoms with van der Waals surface area (Å²) in [5.41, 5.74) is 3.29. The van der Waals surface area contributed by atoms with E-state index in [1.165, 1.54) is 16.0 Å². The zero-order chi connectivity index (χ0) is 17.3. The second kappa shape index (κ2) is 9.09. The predicted octanol–water partition coefficient (Wildman–Crippen LogP) is 5.55. The molecule has 0 atom stereocenters. The van der Waals surface area contributed by atoms with Crippen LogP contribution >= 0.6 is 11.8 Å². The maximum atomic E-state index is 12.1. The first-order valence-electron chi connectivity index (χ1n) is 8.40. The number of carbonyl (C=O) groups is 1. The molecule has 3 aromatic carbocycles. The number of nitrogens with one attached hydrogen (secondary N) is 1. The quantitative estimate of drug-likeness (QED) is 0.568. The highest BCUT2D eigenvalue weighted by molar-refractivity contribution is 7.98. The minimum absolute atomic E-state index is 0.0512. The predicted molar refractivity (Wildman–Crippen MR) is 106 cm³/mol. The van der Waals surface area contributed by atoms with Gasteiger partial charge in [0.1, 0.15) is 0 Å². The summed E-state index contributed by atoms with van der Waals surface area (Å²) in [6.07, 6.45) is 1.26. The van der Waals surface area contributed by atoms with Crippen molar-refractivity contribution in [2.45, 2.75) is 23.5 Å². The van der Waals surface area contributed by atoms with Crippen LogP contribution in [-0.2, 0) is 17.0 Å². The largest absolute Gasteiger partial charge is 0.326 e. The van der Waals surface area contributed by atoms with Gasteiger partial charge in [-0.1, -0.05) is 60.7 Å². The van der Waals surface area contributed by atoms with E-state index in [0.717, 1.165) is 17.9 Å². The average Bonchev–Trinajstić information content (AvgIpc) is 2.67. The Bertz CT molecular complexity index is 785. The summed E-state index contributed by atoms with van der Waals surface area (Å²) in [4.78, 5) is 13.3. The summed E-state index contributed by atoms with van der Waals surface area (Å²) in [6, 6.07) is 28.5. The summed E-state index contributed by atoms with van der Waals surface area (Å²) < 4.78 is 0. The first-order valence-corrected chi connectivity index (χ1v) is 9.39. The molecule has 0 aliphatic rings. The van der Waals surface area contributed by atoms with Crippen LogP contribution in [0, 0.1) is 0 Å². The van der Waals surface area contributed by atoms with Crippen molar-refractivity contribution in [3.8, 4) is 0 Å². The highest BCUT2D eigenvalue weighted by Crippen LogP contribution is 2.23. The van der Waals surface area contributed by atoms with Gasteiger partial charge in [0.25, 0.3) is 0 Å². The van der Waals surface area contributed by atoms with Crippen LogP contribution in [0.5, 0.6) is 0 Å². The van der Waals surface area contributed by atoms with Crippen molar-refractivity contribution in [3.05, 3.63) is 96.1 Å². The van der Waals surface area contributed by atoms with Crippen LogP contribution in [0.15, 0.2) is 89.8 Å². The van der Waals surface area contributed by atoms with Crippen molar-refractivity contribution in [2.24, 2.45) is 0 Å². The topological polar surface area (TPSA) is 29.1 Å². The molecule has 25 heavy (non-hydrogen) atoms. The lowest BCUT2D eigenvalue weighted by molar-refractivity contribution is -0.116. The molecule has 0 aromatic heterocycles. The maximum Gasteiger partial charge on any atom is 0.224 e. The van der Waals surface area contributed by atoms with E-state index >= 15 is 0 Å². The fourth-order valence-corrected chi connectivity index (χ4v) is 3.37. The van der Waals surface area contributed by atoms with Gasteiger partial charge in [0.05, 0.1) is 0 Å². The third-order valence-corrected chi connectivity index (χ3v) is 4.95. The lowest BCUT2D eigenvalue weighted by Crippen LogP contribution is -2.12. The number of thioether (sulfide) groups is 1. The lowest BCUT2D eigenvalue weighted by Gasteiger charge is -2.07. The van der Waals surface area contributed by atoms with Gasteiger partial charge >= 0.3 is 0 Å². The van der Waals surface area contributed by atoms with E-state index in [1.54, 1.807) is 0 Å². The van der Waals surface area contributed by atoms with Gasteiger partial charge in [0.2, 0.25) is 5.91 Å². The zero-order valence-electron chi connectivity index (χ0n) is 14.0. The molecule has 3 aromatic rings. The van der Waals surface area contributed by atoms with Gasteiger partial charge in [0.15, 0.2) is 0 Å². The number of anilines is 1. The molecule has 0 unspecified atom stereocenters. The molecular formula is C22H21NOS. The molecular weight excluding hydrogens is 326 g/mol. The van der Waals surface area contributed by atoms with Gasteiger partial charge in [-0.15, -0.1) is 11.8 Å². The minimum Gasteiger partial charge on any atom is -0.326 e. The lowest BCUT2D eigenvalue weighted by atomic mass is 10.1. The van der Waals surface area contributed by atoms with Crippen LogP contribution in [0.25, 0.3) is 0 Å². The van der Waals surface area contributed by atoms with Crippen molar-refractivity contribution in [3.63, 3.8) is 0 Å². The van der Waals surface area contributed by atoms with Crippen LogP contribution in [0.3, 0.4) is 0 Å². The summed E-state index contributed by atoms with van der Waals surface area (Å²) in [7, 11) is 0. The monoisotopic (exact) mass is 347 g/mol. The fourth-order valence-electron chi connectivity index (χ4n) is 2.49. The molecule has 126 valence electrons. The van der Waals surface area contributed by atoms with Crippen LogP contribution < -0.4 is 5.32 Å². The normalized spacial score (nSPS) is 10.4. The SMILES string of the molecule is O=C(CCc1ccccc1)Nc1ccc(CSc2ccccc2)cc1. The van der Waals surface area contributed by atoms with E-state index in [-0.39, 0.29) is 5.91 Å². The molecule has 0 fully saturated rings. The molecule has 0 spiro atoms. The van der Waals surface area contributed by atoms with Gasteiger partial charge in [-0.2, -0.15) is 0 Å². The Balaban J connectivity index is 1.46. The Labute approximate surface area is 153 Å². The van der Waals surface area contributed by atoms with Crippen LogP contribution in [0.4, 0.5) is 5.69 Å². The summed E-state index contributed by atoms with van der Waals surface area (Å²) in [5, 5.41) is 2.97. The highest BCUT2D eigenvalue weighted by Gasteiger charge is 2.03. The Morgan fingerprint density at radius 3 is 2.08 bits per heavy atom. The van der Waals surface area contributed by atoms with Gasteiger partial charge in [0, 0.05) is 22.8 Å². The van der Waals surface area contributed by atoms with E-state index in [4.69, 9.17) is 0 Å². The first kappa shape index (κ1) is 17.3. The average molecular weight is 347 g/mol. The fraction of sp³-hybridized carbons (Fsp3) is 0.136. The summed E-state index contributed by atoms with van der Waals surface area (Å²) >= 11 is 1.81. The number of aryl methyl sites for hydroxylation is 1. The smallest absolute Gasteiger partial charge is 0.224 e. The summed E-state index contributed by atoms with van der Waals surface area (Å²) in [6.45, 7) is 0. The van der Waals surface area contributed by atoms with E-state index in [1.807, 2.05) is 60.3 Å². The second-order valence-electron chi connectivity index (χ2n) is 5.83. The maximum absolute atomic E-state index is 12.1. The molecule has 0 saturated carbocycles. The van der Waals surface area contributed by atoms with Crippen molar-refractivity contribution in [1.29, 1.82) is 0 Å². The van der Waals surface area contributed by atoms with Crippen LogP contribution in [0.1, 0.15) is 17.5 Å². The molecule has 1 amide bonds. The summed E-state index contributed by atoms with van der Waals surface area (Å²) in [5.74, 6) is 0.974. The van der Waals surface area contributed by atoms with Gasteiger partial charge < -0.3 is 5.32 Å². The Morgan fingerprint density at radius 1 is 0.760 bits per heavy atom. The molecule has 0 aliphatic heterocycles. The molecule has 0 aliphatic carbocycles. The Morgan fingerprint density at radius 2 is 1.40 bits per heavy atom. The molecule has 1 N–H and O–H groups in total. The zero-order valence-corrected chi connectivity index (χ0v) is 14.8. The third-order valence-electron chi connectivity index (χ3n) is 3.87. The van der Waals surface area contributed by atoms with Crippen LogP contribution in [0.2, 0.25) is 0 Å². The second-order valence-corrected chi connectivity index (χ2v) is 6.88. The molecule has 0 heterocycles. The minimum atomic E-state index is 0.0512. The number of hydrogen-bond donors (Lipinski definition) is 1. The standard InChI is InChI=1S/C22H21NOS/c24-22(16-13-18-7-3-1-4-8-18)23-20-14-11-19(12-15-20)17-25-21-9-5-2-6-10-21/h1-12,14-15H,13,16-17H2,(H,23,24). The molecule has 3 rings (SSSR count).